The number of hydrogen-bond acceptors (Lipinski definition) is 1. The highest BCUT2D eigenvalue weighted by Crippen LogP contribution is 2.61. The zero-order chi connectivity index (χ0) is 11.6. The molecule has 1 aromatic rings. The smallest absolute Gasteiger partial charge is 0.126 e. The van der Waals surface area contributed by atoms with Crippen LogP contribution in [0, 0.1) is 18.8 Å². The van der Waals surface area contributed by atoms with Crippen LogP contribution in [0.1, 0.15) is 36.8 Å². The van der Waals surface area contributed by atoms with Crippen molar-refractivity contribution in [2.24, 2.45) is 11.8 Å². The van der Waals surface area contributed by atoms with Gasteiger partial charge < -0.3 is 4.74 Å². The molecule has 88 valence electrons. The van der Waals surface area contributed by atoms with Gasteiger partial charge in [0.2, 0.25) is 0 Å². The van der Waals surface area contributed by atoms with Crippen molar-refractivity contribution >= 4 is 0 Å². The minimum Gasteiger partial charge on any atom is -0.489 e. The van der Waals surface area contributed by atoms with Gasteiger partial charge in [0, 0.05) is 17.4 Å². The van der Waals surface area contributed by atoms with Crippen molar-refractivity contribution in [3.8, 4) is 5.75 Å². The summed E-state index contributed by atoms with van der Waals surface area (Å²) in [4.78, 5) is 0. The topological polar surface area (TPSA) is 9.23 Å². The molecule has 1 aliphatic heterocycles. The van der Waals surface area contributed by atoms with Gasteiger partial charge >= 0.3 is 0 Å². The maximum atomic E-state index is 6.29. The summed E-state index contributed by atoms with van der Waals surface area (Å²) in [7, 11) is 0. The number of benzene rings is 1. The number of aryl methyl sites for hydroxylation is 1. The Morgan fingerprint density at radius 3 is 3.06 bits per heavy atom. The Labute approximate surface area is 102 Å². The number of para-hydroxylation sites is 1. The zero-order valence-electron chi connectivity index (χ0n) is 10.4. The second kappa shape index (κ2) is 3.16. The third-order valence-electron chi connectivity index (χ3n) is 5.02. The molecule has 4 rings (SSSR count). The number of fused-ring (bicyclic) bond motifs is 7. The second-order valence-electron chi connectivity index (χ2n) is 5.77. The van der Waals surface area contributed by atoms with Crippen LogP contribution < -0.4 is 4.74 Å². The third-order valence-corrected chi connectivity index (χ3v) is 5.02. The van der Waals surface area contributed by atoms with Gasteiger partial charge in [-0.05, 0) is 38.2 Å². The highest BCUT2D eigenvalue weighted by atomic mass is 16.5. The molecule has 2 saturated carbocycles. The van der Waals surface area contributed by atoms with Gasteiger partial charge in [-0.1, -0.05) is 29.8 Å². The highest BCUT2D eigenvalue weighted by molar-refractivity contribution is 5.50. The van der Waals surface area contributed by atoms with Crippen LogP contribution in [0.5, 0.6) is 5.75 Å². The first-order chi connectivity index (χ1) is 8.29. The predicted octanol–water partition coefficient (Wildman–Crippen LogP) is 3.83. The fraction of sp³-hybridized carbons (Fsp3) is 0.500. The summed E-state index contributed by atoms with van der Waals surface area (Å²) in [5.41, 5.74) is 4.43. The fourth-order valence-corrected chi connectivity index (χ4v) is 4.31. The quantitative estimate of drug-likeness (QED) is 0.611. The Morgan fingerprint density at radius 2 is 2.24 bits per heavy atom. The summed E-state index contributed by atoms with van der Waals surface area (Å²) >= 11 is 0. The largest absolute Gasteiger partial charge is 0.489 e. The molecule has 0 saturated heterocycles. The third kappa shape index (κ3) is 1.10. The van der Waals surface area contributed by atoms with Crippen LogP contribution in [0.4, 0.5) is 0 Å². The van der Waals surface area contributed by atoms with Crippen molar-refractivity contribution in [2.45, 2.75) is 38.7 Å². The summed E-state index contributed by atoms with van der Waals surface area (Å²) in [6.45, 7) is 4.34. The minimum absolute atomic E-state index is 0.441. The van der Waals surface area contributed by atoms with Crippen molar-refractivity contribution in [1.29, 1.82) is 0 Å². The Morgan fingerprint density at radius 1 is 1.35 bits per heavy atom. The predicted molar refractivity (Wildman–Crippen MR) is 68.3 cm³/mol. The Kier molecular flexibility index (Phi) is 1.81. The second-order valence-corrected chi connectivity index (χ2v) is 5.77. The number of rotatable bonds is 0. The van der Waals surface area contributed by atoms with E-state index in [-0.39, 0.29) is 0 Å². The number of ether oxygens (including phenoxy) is 1. The molecule has 0 N–H and O–H groups in total. The molecule has 3 aliphatic rings. The van der Waals surface area contributed by atoms with Crippen molar-refractivity contribution in [3.05, 3.63) is 41.0 Å². The van der Waals surface area contributed by atoms with E-state index in [1.165, 1.54) is 29.7 Å². The van der Waals surface area contributed by atoms with Gasteiger partial charge in [-0.3, -0.25) is 0 Å². The highest BCUT2D eigenvalue weighted by Gasteiger charge is 2.55. The average Bonchev–Trinajstić information content (AvgIpc) is 2.97. The van der Waals surface area contributed by atoms with E-state index in [0.29, 0.717) is 17.9 Å². The molecule has 17 heavy (non-hydrogen) atoms. The Hall–Kier alpha value is -1.24. The molecular formula is C16H18O. The average molecular weight is 226 g/mol. The van der Waals surface area contributed by atoms with Gasteiger partial charge in [-0.15, -0.1) is 0 Å². The molecule has 4 unspecified atom stereocenters. The van der Waals surface area contributed by atoms with Crippen molar-refractivity contribution in [3.63, 3.8) is 0 Å². The fourth-order valence-electron chi connectivity index (χ4n) is 4.31. The molecule has 1 heteroatoms. The van der Waals surface area contributed by atoms with Gasteiger partial charge in [0.25, 0.3) is 0 Å². The lowest BCUT2D eigenvalue weighted by Gasteiger charge is -2.25. The van der Waals surface area contributed by atoms with Gasteiger partial charge in [0.15, 0.2) is 0 Å². The Balaban J connectivity index is 1.82. The van der Waals surface area contributed by atoms with Gasteiger partial charge in [-0.2, -0.15) is 0 Å². The van der Waals surface area contributed by atoms with Gasteiger partial charge in [0.1, 0.15) is 11.9 Å². The van der Waals surface area contributed by atoms with Gasteiger partial charge in [0.05, 0.1) is 0 Å². The zero-order valence-corrected chi connectivity index (χ0v) is 10.4. The van der Waals surface area contributed by atoms with Crippen molar-refractivity contribution in [1.82, 2.24) is 0 Å². The SMILES string of the molecule is CC=C1CC2CC1C1Oc3c(C)cccc3C21. The maximum absolute atomic E-state index is 6.29. The molecule has 2 aliphatic carbocycles. The van der Waals surface area contributed by atoms with Crippen molar-refractivity contribution in [2.75, 3.05) is 0 Å². The van der Waals surface area contributed by atoms with E-state index >= 15 is 0 Å². The van der Waals surface area contributed by atoms with E-state index < -0.39 is 0 Å². The van der Waals surface area contributed by atoms with E-state index in [0.717, 1.165) is 5.92 Å². The van der Waals surface area contributed by atoms with E-state index in [4.69, 9.17) is 4.74 Å². The molecule has 2 bridgehead atoms. The first kappa shape index (κ1) is 9.76. The number of allylic oxidation sites excluding steroid dienone is 1. The molecule has 1 aromatic carbocycles. The van der Waals surface area contributed by atoms with Crippen LogP contribution in [0.3, 0.4) is 0 Å². The maximum Gasteiger partial charge on any atom is 0.126 e. The standard InChI is InChI=1S/C16H18O/c1-3-10-7-11-8-13(10)16-14(11)12-6-4-5-9(2)15(12)17-16/h3-6,11,13-14,16H,7-8H2,1-2H3. The van der Waals surface area contributed by atoms with Gasteiger partial charge in [-0.25, -0.2) is 0 Å². The van der Waals surface area contributed by atoms with Crippen LogP contribution >= 0.6 is 0 Å². The summed E-state index contributed by atoms with van der Waals surface area (Å²) in [5.74, 6) is 3.40. The van der Waals surface area contributed by atoms with E-state index in [9.17, 15) is 0 Å². The molecule has 2 fully saturated rings. The first-order valence-electron chi connectivity index (χ1n) is 6.71. The van der Waals surface area contributed by atoms with E-state index in [2.05, 4.69) is 38.1 Å². The van der Waals surface area contributed by atoms with Crippen molar-refractivity contribution < 1.29 is 4.74 Å². The summed E-state index contributed by atoms with van der Waals surface area (Å²) in [6.07, 6.45) is 5.41. The molecule has 4 atom stereocenters. The molecule has 0 aromatic heterocycles. The Bertz CT molecular complexity index is 514. The lowest BCUT2D eigenvalue weighted by atomic mass is 9.80. The van der Waals surface area contributed by atoms with E-state index in [1.807, 2.05) is 0 Å². The molecule has 0 radical (unpaired) electrons. The van der Waals surface area contributed by atoms with E-state index in [1.54, 1.807) is 5.57 Å². The molecule has 1 nitrogen and oxygen atoms in total. The van der Waals surface area contributed by atoms with Crippen LogP contribution in [0.15, 0.2) is 29.8 Å². The normalized spacial score (nSPS) is 39.3. The molecule has 0 spiro atoms. The molecular weight excluding hydrogens is 208 g/mol. The molecule has 1 heterocycles. The number of hydrogen-bond donors (Lipinski definition) is 0. The summed E-state index contributed by atoms with van der Waals surface area (Å²) in [5, 5.41) is 0. The van der Waals surface area contributed by atoms with Crippen LogP contribution in [-0.2, 0) is 0 Å². The van der Waals surface area contributed by atoms with Crippen LogP contribution in [0.2, 0.25) is 0 Å². The molecule has 0 amide bonds. The summed E-state index contributed by atoms with van der Waals surface area (Å²) < 4.78 is 6.29. The lowest BCUT2D eigenvalue weighted by molar-refractivity contribution is 0.171. The van der Waals surface area contributed by atoms with Crippen LogP contribution in [-0.4, -0.2) is 6.10 Å². The monoisotopic (exact) mass is 226 g/mol. The minimum atomic E-state index is 0.441. The van der Waals surface area contributed by atoms with Crippen LogP contribution in [0.25, 0.3) is 0 Å². The lowest BCUT2D eigenvalue weighted by Crippen LogP contribution is -2.27. The summed E-state index contributed by atoms with van der Waals surface area (Å²) in [6, 6.07) is 6.63. The first-order valence-corrected chi connectivity index (χ1v) is 6.71.